The van der Waals surface area contributed by atoms with Crippen LogP contribution in [0.5, 0.6) is 0 Å². The van der Waals surface area contributed by atoms with E-state index in [9.17, 15) is 0 Å². The first kappa shape index (κ1) is 43.6. The molecule has 0 fully saturated rings. The van der Waals surface area contributed by atoms with Gasteiger partial charge in [0.05, 0.1) is 11.4 Å². The molecule has 0 bridgehead atoms. The zero-order chi connectivity index (χ0) is 48.0. The van der Waals surface area contributed by atoms with Crippen LogP contribution >= 0.6 is 0 Å². The summed E-state index contributed by atoms with van der Waals surface area (Å²) in [4.78, 5) is 4.80. The van der Waals surface area contributed by atoms with Crippen molar-refractivity contribution in [3.05, 3.63) is 254 Å². The van der Waals surface area contributed by atoms with Gasteiger partial charge >= 0.3 is 0 Å². The molecule has 1 aromatic heterocycles. The number of rotatable bonds is 11. The molecule has 0 radical (unpaired) electrons. The Labute approximate surface area is 416 Å². The highest BCUT2D eigenvalue weighted by Gasteiger charge is 2.21. The topological polar surface area (TPSA) is 19.6 Å². The third-order valence-electron chi connectivity index (χ3n) is 14.2. The summed E-state index contributed by atoms with van der Waals surface area (Å²) in [6.07, 6.45) is 0. The average molecular weight is 915 g/mol. The highest BCUT2D eigenvalue weighted by Crippen LogP contribution is 2.46. The molecule has 0 saturated heterocycles. The molecule has 71 heavy (non-hydrogen) atoms. The van der Waals surface area contributed by atoms with Crippen molar-refractivity contribution in [3.8, 4) is 33.4 Å². The number of nitrogens with zero attached hydrogens (tertiary/aromatic N) is 2. The summed E-state index contributed by atoms with van der Waals surface area (Å²) in [7, 11) is 0. The predicted octanol–water partition coefficient (Wildman–Crippen LogP) is 20.1. The Morgan fingerprint density at radius 1 is 0.296 bits per heavy atom. The van der Waals surface area contributed by atoms with Crippen LogP contribution in [0.4, 0.5) is 34.1 Å². The molecule has 12 aromatic rings. The van der Waals surface area contributed by atoms with Crippen LogP contribution in [0.15, 0.2) is 247 Å². The lowest BCUT2D eigenvalue weighted by Crippen LogP contribution is -2.11. The summed E-state index contributed by atoms with van der Waals surface area (Å²) in [5.41, 5.74) is 18.0. The fourth-order valence-electron chi connectivity index (χ4n) is 10.3. The minimum absolute atomic E-state index is 0.441. The van der Waals surface area contributed by atoms with E-state index in [1.54, 1.807) is 0 Å². The summed E-state index contributed by atoms with van der Waals surface area (Å²) >= 11 is 0. The van der Waals surface area contributed by atoms with Crippen molar-refractivity contribution in [1.82, 2.24) is 0 Å². The van der Waals surface area contributed by atoms with Gasteiger partial charge in [0.2, 0.25) is 0 Å². The highest BCUT2D eigenvalue weighted by atomic mass is 16.3. The van der Waals surface area contributed by atoms with Crippen LogP contribution in [-0.2, 0) is 0 Å². The van der Waals surface area contributed by atoms with Gasteiger partial charge in [0.1, 0.15) is 11.2 Å². The summed E-state index contributed by atoms with van der Waals surface area (Å²) in [5, 5.41) is 6.77. The van der Waals surface area contributed by atoms with Gasteiger partial charge in [-0.2, -0.15) is 0 Å². The molecule has 0 saturated carbocycles. The smallest absolute Gasteiger partial charge is 0.136 e. The molecule has 0 atom stereocenters. The summed E-state index contributed by atoms with van der Waals surface area (Å²) in [6.45, 7) is 8.99. The summed E-state index contributed by atoms with van der Waals surface area (Å²) < 4.78 is 6.86. The van der Waals surface area contributed by atoms with E-state index in [-0.39, 0.29) is 0 Å². The van der Waals surface area contributed by atoms with Gasteiger partial charge in [-0.25, -0.2) is 0 Å². The van der Waals surface area contributed by atoms with Gasteiger partial charge in [-0.15, -0.1) is 0 Å². The second kappa shape index (κ2) is 18.3. The van der Waals surface area contributed by atoms with Gasteiger partial charge in [-0.05, 0) is 152 Å². The summed E-state index contributed by atoms with van der Waals surface area (Å²) in [5.74, 6) is 0.911. The van der Waals surface area contributed by atoms with Crippen LogP contribution in [-0.4, -0.2) is 0 Å². The SMILES string of the molecule is CC(C)c1ccc(-c2ccccc2N(c2ccc(C(C)C)cc2)c2ccc3cc4c(cc3c2)oc2cc3cc(N(c5cccc(-c6ccccc6)c5)c5ccccc5-c5ccccc5)ccc3cc24)cc1. The molecule has 0 aliphatic carbocycles. The maximum absolute atomic E-state index is 6.86. The number of hydrogen-bond donors (Lipinski definition) is 0. The summed E-state index contributed by atoms with van der Waals surface area (Å²) in [6, 6.07) is 88.5. The Balaban J connectivity index is 0.968. The van der Waals surface area contributed by atoms with E-state index >= 15 is 0 Å². The first-order chi connectivity index (χ1) is 34.8. The monoisotopic (exact) mass is 914 g/mol. The Morgan fingerprint density at radius 2 is 0.718 bits per heavy atom. The van der Waals surface area contributed by atoms with Gasteiger partial charge in [0, 0.05) is 44.6 Å². The fraction of sp³-hybridized carbons (Fsp3) is 0.0882. The number of anilines is 6. The van der Waals surface area contributed by atoms with Gasteiger partial charge < -0.3 is 14.2 Å². The number of fused-ring (bicyclic) bond motifs is 5. The van der Waals surface area contributed by atoms with Crippen LogP contribution in [0.1, 0.15) is 50.7 Å². The van der Waals surface area contributed by atoms with E-state index in [1.807, 2.05) is 0 Å². The second-order valence-corrected chi connectivity index (χ2v) is 19.4. The Hall–Kier alpha value is -8.66. The maximum atomic E-state index is 6.86. The quantitative estimate of drug-likeness (QED) is 0.129. The molecule has 3 heteroatoms. The Bertz CT molecular complexity index is 3870. The lowest BCUT2D eigenvalue weighted by molar-refractivity contribution is 0.670. The maximum Gasteiger partial charge on any atom is 0.136 e. The number of furan rings is 1. The molecule has 342 valence electrons. The largest absolute Gasteiger partial charge is 0.456 e. The molecule has 0 spiro atoms. The van der Waals surface area contributed by atoms with Gasteiger partial charge in [-0.1, -0.05) is 185 Å². The van der Waals surface area contributed by atoms with Gasteiger partial charge in [0.25, 0.3) is 0 Å². The van der Waals surface area contributed by atoms with Crippen molar-refractivity contribution < 1.29 is 4.42 Å². The third kappa shape index (κ3) is 8.30. The van der Waals surface area contributed by atoms with Crippen molar-refractivity contribution in [2.45, 2.75) is 39.5 Å². The van der Waals surface area contributed by atoms with Gasteiger partial charge in [0.15, 0.2) is 0 Å². The zero-order valence-electron chi connectivity index (χ0n) is 40.6. The molecule has 0 aliphatic rings. The molecule has 0 amide bonds. The van der Waals surface area contributed by atoms with Crippen LogP contribution in [0.25, 0.3) is 76.9 Å². The predicted molar refractivity (Wildman–Crippen MR) is 303 cm³/mol. The zero-order valence-corrected chi connectivity index (χ0v) is 40.6. The van der Waals surface area contributed by atoms with E-state index in [2.05, 4.69) is 280 Å². The van der Waals surface area contributed by atoms with E-state index in [0.717, 1.165) is 83.2 Å². The molecule has 11 aromatic carbocycles. The number of benzene rings is 11. The van der Waals surface area contributed by atoms with Crippen molar-refractivity contribution >= 4 is 77.6 Å². The first-order valence-corrected chi connectivity index (χ1v) is 24.9. The molecule has 3 nitrogen and oxygen atoms in total. The van der Waals surface area contributed by atoms with E-state index in [4.69, 9.17) is 4.42 Å². The normalized spacial score (nSPS) is 11.6. The Kier molecular flexibility index (Phi) is 11.3. The lowest BCUT2D eigenvalue weighted by Gasteiger charge is -2.28. The minimum Gasteiger partial charge on any atom is -0.456 e. The fourth-order valence-corrected chi connectivity index (χ4v) is 10.3. The van der Waals surface area contributed by atoms with E-state index in [1.165, 1.54) is 38.9 Å². The molecule has 0 aliphatic heterocycles. The van der Waals surface area contributed by atoms with E-state index < -0.39 is 0 Å². The molecule has 0 unspecified atom stereocenters. The third-order valence-corrected chi connectivity index (χ3v) is 14.2. The minimum atomic E-state index is 0.441. The average Bonchev–Trinajstić information content (AvgIpc) is 3.76. The van der Waals surface area contributed by atoms with Crippen LogP contribution in [0, 0.1) is 0 Å². The molecule has 12 rings (SSSR count). The molecule has 1 heterocycles. The first-order valence-electron chi connectivity index (χ1n) is 24.9. The van der Waals surface area contributed by atoms with Crippen molar-refractivity contribution in [1.29, 1.82) is 0 Å². The van der Waals surface area contributed by atoms with Crippen LogP contribution in [0.3, 0.4) is 0 Å². The highest BCUT2D eigenvalue weighted by molar-refractivity contribution is 6.14. The Morgan fingerprint density at radius 3 is 1.25 bits per heavy atom. The van der Waals surface area contributed by atoms with Gasteiger partial charge in [-0.3, -0.25) is 0 Å². The standard InChI is InChI=1S/C68H54N2O/c1-45(2)47-26-28-51(29-27-47)62-23-12-13-24-65(62)69(57-34-30-48(31-35-57)46(3)4)59-36-32-53-41-63-64-42-54-33-37-60(40-56(54)44-68(64)71-67(63)43-55(53)39-59)70(58-21-15-20-52(38-58)49-16-7-5-8-17-49)66-25-14-11-22-61(66)50-18-9-6-10-19-50/h5-46H,1-4H3. The lowest BCUT2D eigenvalue weighted by atomic mass is 9.96. The molecular weight excluding hydrogens is 861 g/mol. The second-order valence-electron chi connectivity index (χ2n) is 19.4. The van der Waals surface area contributed by atoms with Crippen molar-refractivity contribution in [2.75, 3.05) is 9.80 Å². The van der Waals surface area contributed by atoms with Crippen molar-refractivity contribution in [3.63, 3.8) is 0 Å². The number of para-hydroxylation sites is 2. The molecular formula is C68H54N2O. The van der Waals surface area contributed by atoms with Crippen molar-refractivity contribution in [2.24, 2.45) is 0 Å². The molecule has 0 N–H and O–H groups in total. The number of hydrogen-bond acceptors (Lipinski definition) is 3. The van der Waals surface area contributed by atoms with Crippen LogP contribution in [0.2, 0.25) is 0 Å². The van der Waals surface area contributed by atoms with Crippen LogP contribution < -0.4 is 9.80 Å². The van der Waals surface area contributed by atoms with E-state index in [0.29, 0.717) is 11.8 Å².